The number of rotatable bonds is 13. The second-order valence-corrected chi connectivity index (χ2v) is 15.2. The average molecular weight is 821 g/mol. The maximum Gasteiger partial charge on any atom is 0.341 e. The van der Waals surface area contributed by atoms with Gasteiger partial charge in [-0.15, -0.1) is 23.1 Å². The predicted octanol–water partition coefficient (Wildman–Crippen LogP) is 11.1. The molecule has 0 saturated carbocycles. The summed E-state index contributed by atoms with van der Waals surface area (Å²) >= 11 is 15.4. The molecule has 1 aromatic heterocycles. The maximum absolute atomic E-state index is 14.2. The van der Waals surface area contributed by atoms with Gasteiger partial charge in [-0.2, -0.15) is 0 Å². The van der Waals surface area contributed by atoms with Gasteiger partial charge in [0.15, 0.2) is 0 Å². The number of benzene rings is 5. The summed E-state index contributed by atoms with van der Waals surface area (Å²) in [5.74, 6) is -2.02. The van der Waals surface area contributed by atoms with Crippen molar-refractivity contribution in [3.8, 4) is 11.1 Å². The summed E-state index contributed by atoms with van der Waals surface area (Å²) in [5.41, 5.74) is 4.61. The molecule has 5 aromatic carbocycles. The van der Waals surface area contributed by atoms with Crippen LogP contribution in [-0.4, -0.2) is 30.3 Å². The van der Waals surface area contributed by atoms with Gasteiger partial charge in [-0.1, -0.05) is 114 Å². The number of carbonyl (C=O) groups excluding carboxylic acids is 4. The van der Waals surface area contributed by atoms with Crippen molar-refractivity contribution in [2.75, 3.05) is 17.2 Å². The van der Waals surface area contributed by atoms with Crippen molar-refractivity contribution in [1.82, 2.24) is 5.32 Å². The number of thioether (sulfide) groups is 1. The summed E-state index contributed by atoms with van der Waals surface area (Å²) in [6.07, 6.45) is 1.43. The van der Waals surface area contributed by atoms with E-state index in [1.165, 1.54) is 29.2 Å². The number of aryl methyl sites for hydroxylation is 1. The molecule has 0 spiro atoms. The molecular weight excluding hydrogens is 786 g/mol. The molecule has 0 aliphatic heterocycles. The number of anilines is 2. The number of hydrogen-bond donors (Lipinski definition) is 3. The lowest BCUT2D eigenvalue weighted by atomic mass is 10.0. The molecule has 1 atom stereocenters. The molecule has 3 amide bonds. The Balaban J connectivity index is 1.27. The third kappa shape index (κ3) is 9.96. The maximum atomic E-state index is 14.2. The topological polar surface area (TPSA) is 114 Å². The summed E-state index contributed by atoms with van der Waals surface area (Å²) in [4.78, 5) is 55.2. The molecule has 0 saturated heterocycles. The zero-order chi connectivity index (χ0) is 39.6. The minimum atomic E-state index is -0.759. The lowest BCUT2D eigenvalue weighted by Gasteiger charge is -2.18. The van der Waals surface area contributed by atoms with Crippen molar-refractivity contribution >= 4 is 86.8 Å². The lowest BCUT2D eigenvalue weighted by Crippen LogP contribution is -2.30. The van der Waals surface area contributed by atoms with Crippen molar-refractivity contribution in [3.05, 3.63) is 176 Å². The first kappa shape index (κ1) is 40.0. The quantitative estimate of drug-likeness (QED) is 0.0607. The van der Waals surface area contributed by atoms with Crippen molar-refractivity contribution in [1.29, 1.82) is 0 Å². The van der Waals surface area contributed by atoms with Crippen LogP contribution in [0.15, 0.2) is 143 Å². The molecule has 1 unspecified atom stereocenters. The third-order valence-corrected chi connectivity index (χ3v) is 11.2. The monoisotopic (exact) mass is 819 g/mol. The first-order chi connectivity index (χ1) is 27.1. The molecule has 56 heavy (non-hydrogen) atoms. The summed E-state index contributed by atoms with van der Waals surface area (Å²) in [5, 5.41) is 10.6. The molecule has 8 nitrogen and oxygen atoms in total. The zero-order valence-corrected chi connectivity index (χ0v) is 33.3. The van der Waals surface area contributed by atoms with Crippen molar-refractivity contribution in [2.24, 2.45) is 0 Å². The highest BCUT2D eigenvalue weighted by molar-refractivity contribution is 8.00. The molecule has 0 bridgehead atoms. The second-order valence-electron chi connectivity index (χ2n) is 12.3. The minimum absolute atomic E-state index is 0.0909. The molecule has 6 rings (SSSR count). The van der Waals surface area contributed by atoms with Crippen LogP contribution < -0.4 is 16.0 Å². The summed E-state index contributed by atoms with van der Waals surface area (Å²) in [6, 6.07) is 37.5. The van der Waals surface area contributed by atoms with E-state index in [-0.39, 0.29) is 23.8 Å². The van der Waals surface area contributed by atoms with Crippen LogP contribution in [-0.2, 0) is 14.3 Å². The molecule has 0 aliphatic rings. The molecule has 0 aliphatic carbocycles. The normalized spacial score (nSPS) is 11.7. The van der Waals surface area contributed by atoms with Crippen molar-refractivity contribution in [3.63, 3.8) is 0 Å². The van der Waals surface area contributed by atoms with Gasteiger partial charge in [-0.3, -0.25) is 14.4 Å². The largest absolute Gasteiger partial charge is 0.462 e. The fourth-order valence-electron chi connectivity index (χ4n) is 5.60. The summed E-state index contributed by atoms with van der Waals surface area (Å²) < 4.78 is 5.42. The van der Waals surface area contributed by atoms with Gasteiger partial charge < -0.3 is 20.7 Å². The Morgan fingerprint density at radius 2 is 1.46 bits per heavy atom. The van der Waals surface area contributed by atoms with Gasteiger partial charge in [0.2, 0.25) is 5.91 Å². The van der Waals surface area contributed by atoms with Crippen LogP contribution >= 0.6 is 46.3 Å². The standard InChI is InChI=1S/C44H35Cl2N3O5S2/c1-3-54-44(53)38-34(28-22-20-27(2)21-23-28)26-55-43(38)49-42(52)39(29-12-6-4-7-13-29)56-32-17-10-16-31(24-32)47-41(51)37(25-33-35(45)18-11-19-36(33)46)48-40(50)30-14-8-5-9-15-30/h4-26,39H,3H2,1-2H3,(H,47,51)(H,48,50)(H,49,52)/b37-25+. The Hall–Kier alpha value is -5.65. The first-order valence-corrected chi connectivity index (χ1v) is 19.9. The zero-order valence-electron chi connectivity index (χ0n) is 30.2. The van der Waals surface area contributed by atoms with Crippen LogP contribution in [0.4, 0.5) is 10.7 Å². The van der Waals surface area contributed by atoms with Gasteiger partial charge in [0.25, 0.3) is 11.8 Å². The van der Waals surface area contributed by atoms with Crippen LogP contribution in [0.1, 0.15) is 49.6 Å². The Bertz CT molecular complexity index is 2380. The Morgan fingerprint density at radius 1 is 0.804 bits per heavy atom. The van der Waals surface area contributed by atoms with E-state index in [1.54, 1.807) is 73.7 Å². The molecule has 1 heterocycles. The van der Waals surface area contributed by atoms with Crippen LogP contribution in [0.3, 0.4) is 0 Å². The number of nitrogens with one attached hydrogen (secondary N) is 3. The molecule has 12 heteroatoms. The number of carbonyl (C=O) groups is 4. The number of ether oxygens (including phenoxy) is 1. The number of halogens is 2. The molecular formula is C44H35Cl2N3O5S2. The molecule has 3 N–H and O–H groups in total. The molecule has 282 valence electrons. The summed E-state index contributed by atoms with van der Waals surface area (Å²) in [7, 11) is 0. The average Bonchev–Trinajstić information content (AvgIpc) is 3.62. The smallest absolute Gasteiger partial charge is 0.341 e. The number of esters is 1. The van der Waals surface area contributed by atoms with E-state index in [4.69, 9.17) is 27.9 Å². The number of thiophene rings is 1. The summed E-state index contributed by atoms with van der Waals surface area (Å²) in [6.45, 7) is 3.90. The van der Waals surface area contributed by atoms with Gasteiger partial charge in [0, 0.05) is 42.7 Å². The highest BCUT2D eigenvalue weighted by Gasteiger charge is 2.28. The van der Waals surface area contributed by atoms with Gasteiger partial charge in [0.1, 0.15) is 21.5 Å². The Morgan fingerprint density at radius 3 is 2.14 bits per heavy atom. The first-order valence-electron chi connectivity index (χ1n) is 17.4. The molecule has 0 radical (unpaired) electrons. The highest BCUT2D eigenvalue weighted by Crippen LogP contribution is 2.41. The highest BCUT2D eigenvalue weighted by atomic mass is 35.5. The van der Waals surface area contributed by atoms with E-state index in [0.717, 1.165) is 16.7 Å². The van der Waals surface area contributed by atoms with Gasteiger partial charge in [0.05, 0.1) is 6.61 Å². The van der Waals surface area contributed by atoms with Crippen molar-refractivity contribution in [2.45, 2.75) is 24.0 Å². The lowest BCUT2D eigenvalue weighted by molar-refractivity contribution is -0.116. The van der Waals surface area contributed by atoms with E-state index in [2.05, 4.69) is 16.0 Å². The second kappa shape index (κ2) is 18.8. The van der Waals surface area contributed by atoms with E-state index < -0.39 is 23.0 Å². The molecule has 0 fully saturated rings. The van der Waals surface area contributed by atoms with Gasteiger partial charge in [-0.25, -0.2) is 4.79 Å². The van der Waals surface area contributed by atoms with E-state index in [1.807, 2.05) is 73.0 Å². The number of amides is 3. The van der Waals surface area contributed by atoms with Gasteiger partial charge >= 0.3 is 5.97 Å². The van der Waals surface area contributed by atoms with E-state index >= 15 is 0 Å². The third-order valence-electron chi connectivity index (χ3n) is 8.37. The van der Waals surface area contributed by atoms with Crippen LogP contribution in [0.25, 0.3) is 17.2 Å². The van der Waals surface area contributed by atoms with Crippen LogP contribution in [0.2, 0.25) is 10.0 Å². The predicted molar refractivity (Wildman–Crippen MR) is 228 cm³/mol. The molecule has 6 aromatic rings. The Labute approximate surface area is 342 Å². The van der Waals surface area contributed by atoms with E-state index in [0.29, 0.717) is 42.3 Å². The van der Waals surface area contributed by atoms with Crippen LogP contribution in [0, 0.1) is 6.92 Å². The fourth-order valence-corrected chi connectivity index (χ4v) is 8.15. The van der Waals surface area contributed by atoms with Gasteiger partial charge in [-0.05, 0) is 73.5 Å². The number of hydrogen-bond acceptors (Lipinski definition) is 7. The fraction of sp³-hybridized carbons (Fsp3) is 0.0909. The Kier molecular flexibility index (Phi) is 13.4. The van der Waals surface area contributed by atoms with Crippen LogP contribution in [0.5, 0.6) is 0 Å². The van der Waals surface area contributed by atoms with Crippen molar-refractivity contribution < 1.29 is 23.9 Å². The van der Waals surface area contributed by atoms with E-state index in [9.17, 15) is 19.2 Å². The minimum Gasteiger partial charge on any atom is -0.462 e. The SMILES string of the molecule is CCOC(=O)c1c(-c2ccc(C)cc2)csc1NC(=O)C(Sc1cccc(NC(=O)/C(=C\c2c(Cl)cccc2Cl)NC(=O)c2ccccc2)c1)c1ccccc1.